The molecule has 0 amide bonds. The van der Waals surface area contributed by atoms with Crippen molar-refractivity contribution in [2.45, 2.75) is 31.8 Å². The van der Waals surface area contributed by atoms with Gasteiger partial charge in [0.05, 0.1) is 12.2 Å². The van der Waals surface area contributed by atoms with Crippen LogP contribution in [0.3, 0.4) is 0 Å². The second-order valence-corrected chi connectivity index (χ2v) is 10.7. The summed E-state index contributed by atoms with van der Waals surface area (Å²) in [6.07, 6.45) is 5.74. The molecule has 0 aromatic carbocycles. The monoisotopic (exact) mass is 314 g/mol. The van der Waals surface area contributed by atoms with Gasteiger partial charge in [-0.3, -0.25) is 14.3 Å². The Labute approximate surface area is 123 Å². The number of ether oxygens (including phenoxy) is 1. The first-order valence-corrected chi connectivity index (χ1v) is 10.1. The number of hydrogen-bond donors (Lipinski definition) is 2. The number of aromatic nitrogens is 2. The maximum atomic E-state index is 11.8. The molecule has 0 radical (unpaired) electrons. The second kappa shape index (κ2) is 5.95. The van der Waals surface area contributed by atoms with Crippen LogP contribution in [-0.4, -0.2) is 52.7 Å². The molecule has 0 aliphatic carbocycles. The third kappa shape index (κ3) is 3.76. The fraction of sp³-hybridized carbons (Fsp3) is 0.643. The summed E-state index contributed by atoms with van der Waals surface area (Å²) in [5, 5.41) is 10.3. The molecule has 1 saturated heterocycles. The molecule has 2 N–H and O–H groups in total. The van der Waals surface area contributed by atoms with Gasteiger partial charge in [0.15, 0.2) is 0 Å². The topological polar surface area (TPSA) is 84.3 Å². The quantitative estimate of drug-likeness (QED) is 0.794. The maximum absolute atomic E-state index is 11.8. The van der Waals surface area contributed by atoms with Crippen molar-refractivity contribution in [3.63, 3.8) is 0 Å². The molecule has 1 aliphatic heterocycles. The summed E-state index contributed by atoms with van der Waals surface area (Å²) in [6, 6.07) is 1.28. The molecular formula is C14H23N2O4P. The summed E-state index contributed by atoms with van der Waals surface area (Å²) in [7, 11) is 0. The molecule has 0 saturated carbocycles. The largest absolute Gasteiger partial charge is 0.390 e. The zero-order valence-electron chi connectivity index (χ0n) is 12.7. The normalized spacial score (nSPS) is 29.7. The first-order valence-electron chi connectivity index (χ1n) is 7.01. The molecule has 1 aliphatic rings. The number of rotatable bonds is 4. The summed E-state index contributed by atoms with van der Waals surface area (Å²) in [5.41, 5.74) is -0.959. The van der Waals surface area contributed by atoms with E-state index in [0.717, 1.165) is 12.6 Å². The van der Waals surface area contributed by atoms with Crippen molar-refractivity contribution in [1.29, 1.82) is 0 Å². The number of nitrogens with zero attached hydrogens (tertiary/aromatic N) is 1. The zero-order chi connectivity index (χ0) is 15.8. The number of hydrogen-bond acceptors (Lipinski definition) is 4. The van der Waals surface area contributed by atoms with E-state index in [4.69, 9.17) is 4.74 Å². The number of aliphatic hydroxyl groups is 1. The predicted molar refractivity (Wildman–Crippen MR) is 85.8 cm³/mol. The molecule has 0 bridgehead atoms. The fourth-order valence-electron chi connectivity index (χ4n) is 2.55. The fourth-order valence-corrected chi connectivity index (χ4v) is 3.51. The Morgan fingerprint density at radius 1 is 1.48 bits per heavy atom. The molecule has 4 atom stereocenters. The lowest BCUT2D eigenvalue weighted by Crippen LogP contribution is -2.33. The van der Waals surface area contributed by atoms with Gasteiger partial charge in [-0.05, 0) is 25.9 Å². The average molecular weight is 314 g/mol. The summed E-state index contributed by atoms with van der Waals surface area (Å²) in [6.45, 7) is 4.95. The van der Waals surface area contributed by atoms with E-state index in [1.54, 1.807) is 0 Å². The Hall–Kier alpha value is -1.10. The van der Waals surface area contributed by atoms with Crippen molar-refractivity contribution in [3.8, 4) is 0 Å². The molecule has 1 fully saturated rings. The van der Waals surface area contributed by atoms with E-state index in [9.17, 15) is 14.7 Å². The Morgan fingerprint density at radius 2 is 2.14 bits per heavy atom. The second-order valence-electron chi connectivity index (χ2n) is 6.38. The van der Waals surface area contributed by atoms with Crippen LogP contribution < -0.4 is 11.2 Å². The van der Waals surface area contributed by atoms with Gasteiger partial charge in [-0.2, -0.15) is 0 Å². The number of H-pyrrole nitrogens is 1. The minimum absolute atomic E-state index is 0.218. The highest BCUT2D eigenvalue weighted by molar-refractivity contribution is 7.72. The first-order chi connectivity index (χ1) is 9.69. The zero-order valence-corrected chi connectivity index (χ0v) is 13.5. The van der Waals surface area contributed by atoms with Crippen LogP contribution >= 0.6 is 6.89 Å². The van der Waals surface area contributed by atoms with Crippen LogP contribution in [-0.2, 0) is 4.74 Å². The van der Waals surface area contributed by atoms with Gasteiger partial charge >= 0.3 is 5.69 Å². The minimum Gasteiger partial charge on any atom is -0.390 e. The SMILES string of the molecule is C=P(C)(C)CC[C@H]1OC(n2ccc(=O)[nH]c2=O)[C@H](C)[C@@H]1O. The first kappa shape index (κ1) is 16.3. The van der Waals surface area contributed by atoms with Gasteiger partial charge in [0.2, 0.25) is 0 Å². The summed E-state index contributed by atoms with van der Waals surface area (Å²) in [5.74, 6) is -0.218. The highest BCUT2D eigenvalue weighted by atomic mass is 31.2. The van der Waals surface area contributed by atoms with Crippen LogP contribution in [0, 0.1) is 5.92 Å². The number of aliphatic hydroxyl groups excluding tert-OH is 1. The molecule has 7 heteroatoms. The van der Waals surface area contributed by atoms with Crippen LogP contribution in [0.2, 0.25) is 0 Å². The molecule has 21 heavy (non-hydrogen) atoms. The Kier molecular flexibility index (Phi) is 4.61. The van der Waals surface area contributed by atoms with Gasteiger partial charge in [0.1, 0.15) is 6.23 Å². The van der Waals surface area contributed by atoms with Crippen LogP contribution in [0.5, 0.6) is 0 Å². The molecule has 1 aromatic heterocycles. The van der Waals surface area contributed by atoms with Gasteiger partial charge in [0.25, 0.3) is 5.56 Å². The highest BCUT2D eigenvalue weighted by Crippen LogP contribution is 2.40. The van der Waals surface area contributed by atoms with E-state index < -0.39 is 30.5 Å². The smallest absolute Gasteiger partial charge is 0.330 e. The van der Waals surface area contributed by atoms with Crippen molar-refractivity contribution in [2.24, 2.45) is 5.92 Å². The Balaban J connectivity index is 2.18. The van der Waals surface area contributed by atoms with Crippen molar-refractivity contribution >= 4 is 13.2 Å². The standard InChI is InChI=1S/C14H23N2O4P/c1-9-12(18)10(6-8-21(2,3)4)20-13(9)16-7-5-11(17)15-14(16)19/h5,7,9-10,12-13,18H,2,6,8H2,1,3-4H3,(H,15,17,19)/t9-,10-,12+,13?/m1/s1. The molecule has 6 nitrogen and oxygen atoms in total. The lowest BCUT2D eigenvalue weighted by molar-refractivity contribution is -0.0245. The van der Waals surface area contributed by atoms with E-state index in [1.165, 1.54) is 16.8 Å². The van der Waals surface area contributed by atoms with Crippen LogP contribution in [0.25, 0.3) is 0 Å². The van der Waals surface area contributed by atoms with E-state index in [0.29, 0.717) is 0 Å². The predicted octanol–water partition coefficient (Wildman–Crippen LogP) is 0.530. The van der Waals surface area contributed by atoms with Crippen molar-refractivity contribution in [3.05, 3.63) is 33.1 Å². The van der Waals surface area contributed by atoms with E-state index in [2.05, 4.69) is 24.6 Å². The highest BCUT2D eigenvalue weighted by Gasteiger charge is 2.41. The molecule has 1 aromatic rings. The van der Waals surface area contributed by atoms with Gasteiger partial charge in [-0.1, -0.05) is 6.92 Å². The van der Waals surface area contributed by atoms with Gasteiger partial charge in [-0.15, -0.1) is 13.2 Å². The molecule has 0 spiro atoms. The third-order valence-corrected chi connectivity index (χ3v) is 5.30. The summed E-state index contributed by atoms with van der Waals surface area (Å²) in [4.78, 5) is 25.2. The van der Waals surface area contributed by atoms with Crippen LogP contribution in [0.15, 0.2) is 21.9 Å². The lowest BCUT2D eigenvalue weighted by Gasteiger charge is -2.19. The van der Waals surface area contributed by atoms with Gasteiger partial charge in [0, 0.05) is 18.2 Å². The van der Waals surface area contributed by atoms with E-state index in [-0.39, 0.29) is 12.0 Å². The number of nitrogens with one attached hydrogen (secondary N) is 1. The Bertz CT molecular complexity index is 659. The number of aromatic amines is 1. The summed E-state index contributed by atoms with van der Waals surface area (Å²) >= 11 is 0. The minimum atomic E-state index is -1.18. The molecule has 118 valence electrons. The van der Waals surface area contributed by atoms with E-state index >= 15 is 0 Å². The van der Waals surface area contributed by atoms with Crippen LogP contribution in [0.4, 0.5) is 0 Å². The molecular weight excluding hydrogens is 291 g/mol. The summed E-state index contributed by atoms with van der Waals surface area (Å²) < 4.78 is 7.20. The third-order valence-electron chi connectivity index (χ3n) is 3.83. The van der Waals surface area contributed by atoms with Crippen molar-refractivity contribution in [2.75, 3.05) is 19.5 Å². The maximum Gasteiger partial charge on any atom is 0.330 e. The average Bonchev–Trinajstić information content (AvgIpc) is 2.64. The molecule has 2 rings (SSSR count). The van der Waals surface area contributed by atoms with Crippen LogP contribution in [0.1, 0.15) is 19.6 Å². The van der Waals surface area contributed by atoms with Crippen molar-refractivity contribution < 1.29 is 9.84 Å². The van der Waals surface area contributed by atoms with Gasteiger partial charge in [-0.25, -0.2) is 4.79 Å². The molecule has 2 heterocycles. The Morgan fingerprint density at radius 3 is 2.71 bits per heavy atom. The van der Waals surface area contributed by atoms with E-state index in [1.807, 2.05) is 6.92 Å². The molecule has 1 unspecified atom stereocenters. The van der Waals surface area contributed by atoms with Gasteiger partial charge < -0.3 is 9.84 Å². The lowest BCUT2D eigenvalue weighted by atomic mass is 10.0. The van der Waals surface area contributed by atoms with Crippen molar-refractivity contribution in [1.82, 2.24) is 9.55 Å².